The number of hydrogen-bond acceptors (Lipinski definition) is 6. The summed E-state index contributed by atoms with van der Waals surface area (Å²) in [6.45, 7) is 5.38. The first-order valence-corrected chi connectivity index (χ1v) is 9.12. The summed E-state index contributed by atoms with van der Waals surface area (Å²) in [5.74, 6) is -2.01. The molecule has 0 spiro atoms. The maximum atomic E-state index is 15.0. The fraction of sp³-hybridized carbons (Fsp3) is 0.200. The molecule has 0 radical (unpaired) electrons. The van der Waals surface area contributed by atoms with E-state index in [1.54, 1.807) is 13.0 Å². The predicted octanol–water partition coefficient (Wildman–Crippen LogP) is 5.08. The summed E-state index contributed by atoms with van der Waals surface area (Å²) < 4.78 is 34.6. The molecule has 1 heterocycles. The number of amides is 1. The molecule has 1 amide bonds. The number of aryl methyl sites for hydroxylation is 1. The number of fused-ring (bicyclic) bond motifs is 1. The fourth-order valence-corrected chi connectivity index (χ4v) is 3.18. The summed E-state index contributed by atoms with van der Waals surface area (Å²) in [5.41, 5.74) is 4.30. The molecule has 6 nitrogen and oxygen atoms in total. The van der Waals surface area contributed by atoms with Gasteiger partial charge in [0.25, 0.3) is 5.91 Å². The Kier molecular flexibility index (Phi) is 7.63. The van der Waals surface area contributed by atoms with E-state index in [1.165, 1.54) is 41.3 Å². The normalized spacial score (nSPS) is 10.3. The number of benzene rings is 2. The van der Waals surface area contributed by atoms with Gasteiger partial charge < -0.3 is 10.1 Å². The number of hydroxylamine groups is 1. The van der Waals surface area contributed by atoms with Crippen LogP contribution < -0.4 is 10.8 Å². The van der Waals surface area contributed by atoms with Crippen LogP contribution in [0.1, 0.15) is 23.3 Å². The first-order chi connectivity index (χ1) is 13.5. The van der Waals surface area contributed by atoms with Gasteiger partial charge in [-0.2, -0.15) is 0 Å². The van der Waals surface area contributed by atoms with Crippen molar-refractivity contribution in [3.05, 3.63) is 65.4 Å². The Morgan fingerprint density at radius 3 is 2.83 bits per heavy atom. The standard InChI is InChI=1S/C19H17F2N3O3S.CH4/c1-3-26-6-7-27-24-19(25)12-9-15-18(22-10-28-15)16(21)17(12)23-14-5-4-11(2)8-13(14)20;/h3-5,8-10,23H,1,6-7H2,2H3,(H,24,25);1H4. The SMILES string of the molecule is C.C=COCCONC(=O)c1cc2scnc2c(F)c1Nc1ccc(C)cc1F. The van der Waals surface area contributed by atoms with E-state index in [4.69, 9.17) is 9.57 Å². The highest BCUT2D eigenvalue weighted by Crippen LogP contribution is 2.33. The Morgan fingerprint density at radius 1 is 1.31 bits per heavy atom. The molecular formula is C20H21F2N3O3S. The number of aromatic nitrogens is 1. The van der Waals surface area contributed by atoms with Gasteiger partial charge in [-0.25, -0.2) is 19.2 Å². The van der Waals surface area contributed by atoms with Gasteiger partial charge in [-0.3, -0.25) is 9.63 Å². The molecule has 0 fully saturated rings. The first-order valence-electron chi connectivity index (χ1n) is 8.24. The number of carbonyl (C=O) groups excluding carboxylic acids is 1. The molecule has 0 saturated carbocycles. The third-order valence-electron chi connectivity index (χ3n) is 3.78. The molecule has 0 aliphatic carbocycles. The zero-order chi connectivity index (χ0) is 20.1. The molecule has 0 saturated heterocycles. The Morgan fingerprint density at radius 2 is 2.10 bits per heavy atom. The number of nitrogens with zero attached hydrogens (tertiary/aromatic N) is 1. The van der Waals surface area contributed by atoms with E-state index in [0.29, 0.717) is 10.3 Å². The van der Waals surface area contributed by atoms with Crippen molar-refractivity contribution in [1.82, 2.24) is 10.5 Å². The van der Waals surface area contributed by atoms with Gasteiger partial charge in [0.2, 0.25) is 0 Å². The van der Waals surface area contributed by atoms with Crippen molar-refractivity contribution in [2.75, 3.05) is 18.5 Å². The molecule has 154 valence electrons. The lowest BCUT2D eigenvalue weighted by Gasteiger charge is -2.14. The number of rotatable bonds is 8. The molecule has 0 aliphatic heterocycles. The average Bonchev–Trinajstić information content (AvgIpc) is 3.14. The Balaban J connectivity index is 0.00000300. The Labute approximate surface area is 171 Å². The van der Waals surface area contributed by atoms with Gasteiger partial charge in [0.1, 0.15) is 24.5 Å². The van der Waals surface area contributed by atoms with Gasteiger partial charge in [-0.05, 0) is 30.7 Å². The van der Waals surface area contributed by atoms with Crippen molar-refractivity contribution in [2.24, 2.45) is 0 Å². The van der Waals surface area contributed by atoms with Gasteiger partial charge in [0, 0.05) is 0 Å². The highest BCUT2D eigenvalue weighted by molar-refractivity contribution is 7.16. The van der Waals surface area contributed by atoms with Gasteiger partial charge in [0.05, 0.1) is 33.4 Å². The van der Waals surface area contributed by atoms with Crippen LogP contribution in [0.15, 0.2) is 42.6 Å². The van der Waals surface area contributed by atoms with Crippen LogP contribution in [0.25, 0.3) is 10.2 Å². The molecule has 2 aromatic carbocycles. The lowest BCUT2D eigenvalue weighted by atomic mass is 10.1. The fourth-order valence-electron chi connectivity index (χ4n) is 2.46. The third-order valence-corrected chi connectivity index (χ3v) is 4.56. The molecule has 3 aromatic rings. The number of anilines is 2. The van der Waals surface area contributed by atoms with Crippen LogP contribution >= 0.6 is 11.3 Å². The maximum absolute atomic E-state index is 15.0. The van der Waals surface area contributed by atoms with Gasteiger partial charge in [-0.1, -0.05) is 20.1 Å². The van der Waals surface area contributed by atoms with Crippen LogP contribution in [0, 0.1) is 18.6 Å². The number of ether oxygens (including phenoxy) is 1. The van der Waals surface area contributed by atoms with E-state index in [1.807, 2.05) is 0 Å². The van der Waals surface area contributed by atoms with Crippen molar-refractivity contribution in [2.45, 2.75) is 14.4 Å². The maximum Gasteiger partial charge on any atom is 0.277 e. The van der Waals surface area contributed by atoms with Crippen LogP contribution in [0.4, 0.5) is 20.2 Å². The van der Waals surface area contributed by atoms with E-state index < -0.39 is 17.5 Å². The highest BCUT2D eigenvalue weighted by atomic mass is 32.1. The lowest BCUT2D eigenvalue weighted by molar-refractivity contribution is 0.0145. The number of hydrogen-bond donors (Lipinski definition) is 2. The molecule has 3 rings (SSSR count). The third kappa shape index (κ3) is 5.07. The zero-order valence-electron chi connectivity index (χ0n) is 14.9. The number of halogens is 2. The summed E-state index contributed by atoms with van der Waals surface area (Å²) in [4.78, 5) is 21.5. The van der Waals surface area contributed by atoms with Crippen LogP contribution in [0.2, 0.25) is 0 Å². The Hall–Kier alpha value is -3.04. The van der Waals surface area contributed by atoms with Crippen molar-refractivity contribution >= 4 is 38.8 Å². The van der Waals surface area contributed by atoms with E-state index in [2.05, 4.69) is 22.4 Å². The average molecular weight is 421 g/mol. The Bertz CT molecular complexity index is 1020. The van der Waals surface area contributed by atoms with E-state index in [0.717, 1.165) is 0 Å². The molecular weight excluding hydrogens is 400 g/mol. The van der Waals surface area contributed by atoms with Crippen molar-refractivity contribution in [1.29, 1.82) is 0 Å². The second-order valence-electron chi connectivity index (χ2n) is 5.74. The van der Waals surface area contributed by atoms with Crippen LogP contribution in [0.3, 0.4) is 0 Å². The quantitative estimate of drug-likeness (QED) is 0.301. The van der Waals surface area contributed by atoms with Crippen molar-refractivity contribution < 1.29 is 23.1 Å². The topological polar surface area (TPSA) is 72.5 Å². The van der Waals surface area contributed by atoms with E-state index in [-0.39, 0.29) is 43.1 Å². The molecule has 0 aliphatic rings. The molecule has 1 aromatic heterocycles. The number of thiazole rings is 1. The minimum Gasteiger partial charge on any atom is -0.499 e. The second kappa shape index (κ2) is 9.94. The minimum absolute atomic E-state index is 0. The monoisotopic (exact) mass is 421 g/mol. The van der Waals surface area contributed by atoms with Crippen LogP contribution in [-0.4, -0.2) is 24.1 Å². The van der Waals surface area contributed by atoms with E-state index in [9.17, 15) is 9.18 Å². The molecule has 0 bridgehead atoms. The lowest BCUT2D eigenvalue weighted by Crippen LogP contribution is -2.26. The molecule has 2 N–H and O–H groups in total. The predicted molar refractivity (Wildman–Crippen MR) is 110 cm³/mol. The molecule has 0 unspecified atom stereocenters. The van der Waals surface area contributed by atoms with Gasteiger partial charge in [-0.15, -0.1) is 11.3 Å². The summed E-state index contributed by atoms with van der Waals surface area (Å²) in [7, 11) is 0. The zero-order valence-corrected chi connectivity index (χ0v) is 15.7. The van der Waals surface area contributed by atoms with Crippen LogP contribution in [0.5, 0.6) is 0 Å². The minimum atomic E-state index is -0.751. The molecule has 29 heavy (non-hydrogen) atoms. The first kappa shape index (κ1) is 22.3. The van der Waals surface area contributed by atoms with Crippen LogP contribution in [-0.2, 0) is 9.57 Å². The van der Waals surface area contributed by atoms with Crippen molar-refractivity contribution in [3.63, 3.8) is 0 Å². The number of nitrogens with one attached hydrogen (secondary N) is 2. The number of carbonyl (C=O) groups is 1. The second-order valence-corrected chi connectivity index (χ2v) is 6.62. The molecule has 0 atom stereocenters. The highest BCUT2D eigenvalue weighted by Gasteiger charge is 2.21. The summed E-state index contributed by atoms with van der Waals surface area (Å²) >= 11 is 1.18. The summed E-state index contributed by atoms with van der Waals surface area (Å²) in [6.07, 6.45) is 1.25. The van der Waals surface area contributed by atoms with E-state index >= 15 is 4.39 Å². The van der Waals surface area contributed by atoms with Gasteiger partial charge in [0.15, 0.2) is 5.82 Å². The largest absolute Gasteiger partial charge is 0.499 e. The summed E-state index contributed by atoms with van der Waals surface area (Å²) in [6, 6.07) is 5.93. The smallest absolute Gasteiger partial charge is 0.277 e. The summed E-state index contributed by atoms with van der Waals surface area (Å²) in [5, 5.41) is 2.67. The molecule has 9 heteroatoms. The van der Waals surface area contributed by atoms with Gasteiger partial charge >= 0.3 is 0 Å². The van der Waals surface area contributed by atoms with Crippen molar-refractivity contribution in [3.8, 4) is 0 Å².